The topological polar surface area (TPSA) is 3.24 Å². The van der Waals surface area contributed by atoms with Crippen LogP contribution in [0.15, 0.2) is 224 Å². The molecular formula is C61H39NS. The molecule has 63 heavy (non-hydrogen) atoms. The Morgan fingerprint density at radius 3 is 1.52 bits per heavy atom. The van der Waals surface area contributed by atoms with Crippen LogP contribution in [0.1, 0.15) is 33.4 Å². The van der Waals surface area contributed by atoms with Crippen LogP contribution >= 0.6 is 11.3 Å². The molecule has 1 heterocycles. The summed E-state index contributed by atoms with van der Waals surface area (Å²) in [6.07, 6.45) is 4.60. The molecule has 1 aliphatic rings. The van der Waals surface area contributed by atoms with Crippen LogP contribution in [0.4, 0.5) is 17.1 Å². The summed E-state index contributed by atoms with van der Waals surface area (Å²) in [5.74, 6) is 0. The van der Waals surface area contributed by atoms with E-state index in [2.05, 4.69) is 242 Å². The third-order valence-corrected chi connectivity index (χ3v) is 14.5. The first-order chi connectivity index (χ1) is 31.2. The molecule has 0 atom stereocenters. The van der Waals surface area contributed by atoms with E-state index in [1.54, 1.807) is 0 Å². The molecule has 0 unspecified atom stereocenters. The van der Waals surface area contributed by atoms with Crippen molar-refractivity contribution < 1.29 is 0 Å². The molecule has 0 saturated carbocycles. The van der Waals surface area contributed by atoms with Crippen molar-refractivity contribution in [2.24, 2.45) is 0 Å². The van der Waals surface area contributed by atoms with Gasteiger partial charge in [-0.3, -0.25) is 0 Å². The molecule has 1 nitrogen and oxygen atoms in total. The Labute approximate surface area is 370 Å². The van der Waals surface area contributed by atoms with Crippen molar-refractivity contribution >= 4 is 104 Å². The normalized spacial score (nSPS) is 13.1. The van der Waals surface area contributed by atoms with E-state index in [9.17, 15) is 0 Å². The molecule has 12 aromatic rings. The minimum Gasteiger partial charge on any atom is -0.310 e. The van der Waals surface area contributed by atoms with Crippen molar-refractivity contribution in [1.82, 2.24) is 0 Å². The lowest BCUT2D eigenvalue weighted by Gasteiger charge is -2.34. The van der Waals surface area contributed by atoms with E-state index < -0.39 is 5.41 Å². The Kier molecular flexibility index (Phi) is 8.06. The lowest BCUT2D eigenvalue weighted by atomic mass is 9.67. The van der Waals surface area contributed by atoms with Crippen LogP contribution in [0, 0.1) is 0 Å². The monoisotopic (exact) mass is 817 g/mol. The average Bonchev–Trinajstić information content (AvgIpc) is 3.86. The SMILES string of the molecule is C(=Cc1ccc2c(c1)sc1cc(N(c3ccc4ccccc4c3)c3ccc4ccccc4c3)ccc12)c1cc2c3c(ccc4cccc(c43)C2(c2ccccc2)c2ccccc2)c1. The van der Waals surface area contributed by atoms with Crippen LogP contribution in [0.5, 0.6) is 0 Å². The number of fused-ring (bicyclic) bond motifs is 5. The summed E-state index contributed by atoms with van der Waals surface area (Å²) in [6.45, 7) is 0. The second kappa shape index (κ2) is 14.1. The number of thiophene rings is 1. The minimum absolute atomic E-state index is 0.430. The van der Waals surface area contributed by atoms with Gasteiger partial charge in [0.2, 0.25) is 0 Å². The van der Waals surface area contributed by atoms with Gasteiger partial charge in [0.15, 0.2) is 0 Å². The summed E-state index contributed by atoms with van der Waals surface area (Å²) in [5.41, 5.74) is 10.7. The van der Waals surface area contributed by atoms with Crippen molar-refractivity contribution in [2.45, 2.75) is 5.41 Å². The number of rotatable bonds is 7. The van der Waals surface area contributed by atoms with Crippen molar-refractivity contribution in [2.75, 3.05) is 4.90 Å². The van der Waals surface area contributed by atoms with Gasteiger partial charge >= 0.3 is 0 Å². The molecule has 0 bridgehead atoms. The molecule has 1 aliphatic carbocycles. The van der Waals surface area contributed by atoms with Crippen LogP contribution in [0.3, 0.4) is 0 Å². The van der Waals surface area contributed by atoms with Crippen molar-refractivity contribution in [3.63, 3.8) is 0 Å². The standard InChI is InChI=1S/C61H39NS/c1-3-17-48(18-4-1)61(49-19-5-2-6-20-49)55-21-11-16-44-25-26-47-34-41(35-56(61)60(47)59(44)55)23-22-40-24-32-53-54-33-31-52(39-58(54)63-57(53)36-40)62(50-29-27-42-12-7-9-14-45(42)37-50)51-30-28-43-13-8-10-15-46(43)38-51/h1-39H. The highest BCUT2D eigenvalue weighted by Gasteiger charge is 2.45. The van der Waals surface area contributed by atoms with Crippen molar-refractivity contribution in [3.8, 4) is 0 Å². The Morgan fingerprint density at radius 2 is 0.841 bits per heavy atom. The predicted octanol–water partition coefficient (Wildman–Crippen LogP) is 17.0. The maximum absolute atomic E-state index is 2.45. The zero-order valence-corrected chi connectivity index (χ0v) is 35.2. The lowest BCUT2D eigenvalue weighted by molar-refractivity contribution is 0.771. The number of hydrogen-bond acceptors (Lipinski definition) is 2. The van der Waals surface area contributed by atoms with Gasteiger partial charge in [-0.05, 0) is 131 Å². The first kappa shape index (κ1) is 35.9. The quantitative estimate of drug-likeness (QED) is 0.114. The molecule has 0 spiro atoms. The fourth-order valence-corrected chi connectivity index (χ4v) is 11.8. The van der Waals surface area contributed by atoms with Gasteiger partial charge in [0.25, 0.3) is 0 Å². The molecular weight excluding hydrogens is 779 g/mol. The van der Waals surface area contributed by atoms with E-state index in [0.717, 1.165) is 17.1 Å². The van der Waals surface area contributed by atoms with E-state index in [1.807, 2.05) is 11.3 Å². The molecule has 0 radical (unpaired) electrons. The summed E-state index contributed by atoms with van der Waals surface area (Å²) < 4.78 is 2.56. The molecule has 2 heteroatoms. The van der Waals surface area contributed by atoms with Gasteiger partial charge in [0, 0.05) is 37.2 Å². The smallest absolute Gasteiger partial charge is 0.0714 e. The lowest BCUT2D eigenvalue weighted by Crippen LogP contribution is -2.28. The van der Waals surface area contributed by atoms with E-state index in [-0.39, 0.29) is 0 Å². The molecule has 0 N–H and O–H groups in total. The summed E-state index contributed by atoms with van der Waals surface area (Å²) in [7, 11) is 0. The Morgan fingerprint density at radius 1 is 0.333 bits per heavy atom. The molecule has 0 saturated heterocycles. The first-order valence-electron chi connectivity index (χ1n) is 21.7. The van der Waals surface area contributed by atoms with E-state index in [4.69, 9.17) is 0 Å². The predicted molar refractivity (Wildman–Crippen MR) is 271 cm³/mol. The Balaban J connectivity index is 0.909. The minimum atomic E-state index is -0.430. The van der Waals surface area contributed by atoms with E-state index in [0.29, 0.717) is 0 Å². The van der Waals surface area contributed by atoms with Gasteiger partial charge < -0.3 is 4.90 Å². The highest BCUT2D eigenvalue weighted by atomic mass is 32.1. The largest absolute Gasteiger partial charge is 0.310 e. The van der Waals surface area contributed by atoms with Crippen LogP contribution in [0.25, 0.3) is 75.4 Å². The van der Waals surface area contributed by atoms with Crippen LogP contribution in [-0.2, 0) is 5.41 Å². The van der Waals surface area contributed by atoms with Crippen LogP contribution in [-0.4, -0.2) is 0 Å². The maximum Gasteiger partial charge on any atom is 0.0714 e. The molecule has 11 aromatic carbocycles. The van der Waals surface area contributed by atoms with E-state index >= 15 is 0 Å². The fraction of sp³-hybridized carbons (Fsp3) is 0.0164. The summed E-state index contributed by atoms with van der Waals surface area (Å²) in [4.78, 5) is 2.40. The van der Waals surface area contributed by atoms with Gasteiger partial charge in [-0.1, -0.05) is 182 Å². The first-order valence-corrected chi connectivity index (χ1v) is 22.5. The summed E-state index contributed by atoms with van der Waals surface area (Å²) >= 11 is 1.87. The van der Waals surface area contributed by atoms with Crippen molar-refractivity contribution in [1.29, 1.82) is 0 Å². The number of anilines is 3. The maximum atomic E-state index is 2.45. The second-order valence-electron chi connectivity index (χ2n) is 16.9. The highest BCUT2D eigenvalue weighted by molar-refractivity contribution is 7.25. The summed E-state index contributed by atoms with van der Waals surface area (Å²) in [5, 5.41) is 12.8. The fourth-order valence-electron chi connectivity index (χ4n) is 10.6. The Hall–Kier alpha value is -7.78. The third-order valence-electron chi connectivity index (χ3n) is 13.4. The molecule has 1 aromatic heterocycles. The Bertz CT molecular complexity index is 3680. The third kappa shape index (κ3) is 5.62. The zero-order valence-electron chi connectivity index (χ0n) is 34.4. The van der Waals surface area contributed by atoms with Gasteiger partial charge in [-0.2, -0.15) is 0 Å². The van der Waals surface area contributed by atoms with Gasteiger partial charge in [-0.25, -0.2) is 0 Å². The number of benzene rings is 11. The van der Waals surface area contributed by atoms with Gasteiger partial charge in [0.1, 0.15) is 0 Å². The summed E-state index contributed by atoms with van der Waals surface area (Å²) in [6, 6.07) is 83.2. The van der Waals surface area contributed by atoms with Crippen LogP contribution in [0.2, 0.25) is 0 Å². The molecule has 13 rings (SSSR count). The zero-order chi connectivity index (χ0) is 41.5. The second-order valence-corrected chi connectivity index (χ2v) is 18.0. The van der Waals surface area contributed by atoms with Crippen LogP contribution < -0.4 is 4.90 Å². The molecule has 0 fully saturated rings. The van der Waals surface area contributed by atoms with Crippen molar-refractivity contribution in [3.05, 3.63) is 258 Å². The highest BCUT2D eigenvalue weighted by Crippen LogP contribution is 2.56. The number of nitrogens with zero attached hydrogens (tertiary/aromatic N) is 1. The molecule has 294 valence electrons. The molecule has 0 aliphatic heterocycles. The average molecular weight is 818 g/mol. The van der Waals surface area contributed by atoms with Gasteiger partial charge in [0.05, 0.1) is 5.41 Å². The van der Waals surface area contributed by atoms with Gasteiger partial charge in [-0.15, -0.1) is 11.3 Å². The van der Waals surface area contributed by atoms with E-state index in [1.165, 1.54) is 96.6 Å². The molecule has 0 amide bonds. The number of hydrogen-bond donors (Lipinski definition) is 0.